The van der Waals surface area contributed by atoms with Gasteiger partial charge >= 0.3 is 0 Å². The van der Waals surface area contributed by atoms with Gasteiger partial charge in [-0.1, -0.05) is 69.0 Å². The van der Waals surface area contributed by atoms with E-state index in [2.05, 4.69) is 75.0 Å². The summed E-state index contributed by atoms with van der Waals surface area (Å²) in [7, 11) is 0. The summed E-state index contributed by atoms with van der Waals surface area (Å²) in [5, 5.41) is 0. The van der Waals surface area contributed by atoms with Gasteiger partial charge in [0.15, 0.2) is 0 Å². The predicted octanol–water partition coefficient (Wildman–Crippen LogP) is 5.37. The van der Waals surface area contributed by atoms with Crippen LogP contribution in [0.4, 0.5) is 0 Å². The quantitative estimate of drug-likeness (QED) is 0.687. The first-order chi connectivity index (χ1) is 10.6. The van der Waals surface area contributed by atoms with E-state index in [4.69, 9.17) is 4.74 Å². The van der Waals surface area contributed by atoms with Crippen molar-refractivity contribution >= 4 is 11.6 Å². The van der Waals surface area contributed by atoms with Crippen molar-refractivity contribution in [3.63, 3.8) is 0 Å². The summed E-state index contributed by atoms with van der Waals surface area (Å²) in [6.07, 6.45) is 5.14. The molecule has 0 N–H and O–H groups in total. The molecule has 0 radical (unpaired) electrons. The molecule has 0 unspecified atom stereocenters. The van der Waals surface area contributed by atoms with E-state index in [1.807, 2.05) is 0 Å². The monoisotopic (exact) mass is 290 g/mol. The van der Waals surface area contributed by atoms with Gasteiger partial charge in [0.05, 0.1) is 0 Å². The average Bonchev–Trinajstić information content (AvgIpc) is 2.76. The zero-order chi connectivity index (χ0) is 15.6. The molecule has 0 atom stereocenters. The van der Waals surface area contributed by atoms with E-state index in [-0.39, 0.29) is 5.41 Å². The van der Waals surface area contributed by atoms with Crippen molar-refractivity contribution in [2.24, 2.45) is 5.41 Å². The first-order valence-electron chi connectivity index (χ1n) is 7.74. The van der Waals surface area contributed by atoms with Crippen molar-refractivity contribution in [3.05, 3.63) is 77.9 Å². The zero-order valence-electron chi connectivity index (χ0n) is 13.3. The summed E-state index contributed by atoms with van der Waals surface area (Å²) in [6.45, 7) is 8.87. The molecule has 1 nitrogen and oxygen atoms in total. The lowest BCUT2D eigenvalue weighted by molar-refractivity contribution is 0.362. The minimum Gasteiger partial charge on any atom is -0.490 e. The lowest BCUT2D eigenvalue weighted by Gasteiger charge is -2.20. The first kappa shape index (κ1) is 14.6. The van der Waals surface area contributed by atoms with Crippen molar-refractivity contribution in [2.75, 3.05) is 6.61 Å². The highest BCUT2D eigenvalue weighted by Crippen LogP contribution is 2.47. The third kappa shape index (κ3) is 2.85. The highest BCUT2D eigenvalue weighted by molar-refractivity contribution is 5.88. The molecule has 112 valence electrons. The maximum atomic E-state index is 5.66. The Morgan fingerprint density at radius 3 is 2.64 bits per heavy atom. The molecule has 1 aliphatic carbocycles. The molecule has 2 aromatic rings. The van der Waals surface area contributed by atoms with Gasteiger partial charge in [-0.25, -0.2) is 0 Å². The van der Waals surface area contributed by atoms with Gasteiger partial charge in [0.2, 0.25) is 0 Å². The lowest BCUT2D eigenvalue weighted by atomic mass is 9.84. The van der Waals surface area contributed by atoms with Crippen LogP contribution in [0.3, 0.4) is 0 Å². The van der Waals surface area contributed by atoms with Crippen LogP contribution in [0.25, 0.3) is 11.6 Å². The van der Waals surface area contributed by atoms with E-state index in [1.54, 1.807) is 6.08 Å². The summed E-state index contributed by atoms with van der Waals surface area (Å²) >= 11 is 0. The minimum atomic E-state index is 0.148. The molecule has 0 spiro atoms. The normalized spacial score (nSPS) is 17.3. The maximum Gasteiger partial charge on any atom is 0.120 e. The predicted molar refractivity (Wildman–Crippen MR) is 93.9 cm³/mol. The van der Waals surface area contributed by atoms with Gasteiger partial charge in [0.25, 0.3) is 0 Å². The fourth-order valence-electron chi connectivity index (χ4n) is 3.15. The average molecular weight is 290 g/mol. The van der Waals surface area contributed by atoms with Gasteiger partial charge in [-0.15, -0.1) is 0 Å². The van der Waals surface area contributed by atoms with Gasteiger partial charge in [0.1, 0.15) is 12.4 Å². The Morgan fingerprint density at radius 2 is 1.91 bits per heavy atom. The molecule has 0 aromatic heterocycles. The third-order valence-corrected chi connectivity index (χ3v) is 4.21. The van der Waals surface area contributed by atoms with Gasteiger partial charge in [-0.3, -0.25) is 0 Å². The van der Waals surface area contributed by atoms with E-state index in [0.29, 0.717) is 6.61 Å². The van der Waals surface area contributed by atoms with E-state index in [0.717, 1.165) is 12.2 Å². The largest absolute Gasteiger partial charge is 0.490 e. The molecule has 0 saturated heterocycles. The van der Waals surface area contributed by atoms with Crippen molar-refractivity contribution in [1.82, 2.24) is 0 Å². The fraction of sp³-hybridized carbons (Fsp3) is 0.238. The Bertz CT molecular complexity index is 708. The highest BCUT2D eigenvalue weighted by Gasteiger charge is 2.33. The standard InChI is InChI=1S/C21H22O/c1-4-12-22-18-10-11-19-17(14-18)15-21(2,3)20(19)13-16-8-6-5-7-9-16/h4-11,13-14H,1,12,15H2,2-3H3/b20-13+. The molecule has 1 heteroatoms. The second-order valence-electron chi connectivity index (χ2n) is 6.45. The highest BCUT2D eigenvalue weighted by atomic mass is 16.5. The Balaban J connectivity index is 2.00. The van der Waals surface area contributed by atoms with Gasteiger partial charge < -0.3 is 4.74 Å². The molecule has 0 saturated carbocycles. The molecule has 2 aromatic carbocycles. The molecule has 22 heavy (non-hydrogen) atoms. The summed E-state index contributed by atoms with van der Waals surface area (Å²) in [4.78, 5) is 0. The fourth-order valence-corrected chi connectivity index (χ4v) is 3.15. The number of hydrogen-bond acceptors (Lipinski definition) is 1. The topological polar surface area (TPSA) is 9.23 Å². The molecular formula is C21H22O. The van der Waals surface area contributed by atoms with Gasteiger partial charge in [-0.2, -0.15) is 0 Å². The summed E-state index contributed by atoms with van der Waals surface area (Å²) in [5.41, 5.74) is 5.53. The van der Waals surface area contributed by atoms with E-state index in [9.17, 15) is 0 Å². The van der Waals surface area contributed by atoms with Crippen LogP contribution in [0.2, 0.25) is 0 Å². The van der Waals surface area contributed by atoms with Gasteiger partial charge in [-0.05, 0) is 46.2 Å². The second kappa shape index (κ2) is 5.84. The summed E-state index contributed by atoms with van der Waals surface area (Å²) in [6, 6.07) is 17.0. The van der Waals surface area contributed by atoms with Crippen molar-refractivity contribution in [1.29, 1.82) is 0 Å². The Labute approximate surface area is 133 Å². The van der Waals surface area contributed by atoms with Crippen LogP contribution in [0.15, 0.2) is 61.2 Å². The van der Waals surface area contributed by atoms with Crippen LogP contribution in [0, 0.1) is 5.41 Å². The SMILES string of the molecule is C=CCOc1ccc2c(c1)CC(C)(C)/C2=C/c1ccccc1. The molecule has 3 rings (SSSR count). The van der Waals surface area contributed by atoms with Crippen molar-refractivity contribution in [3.8, 4) is 5.75 Å². The zero-order valence-corrected chi connectivity index (χ0v) is 13.3. The van der Waals surface area contributed by atoms with Crippen molar-refractivity contribution in [2.45, 2.75) is 20.3 Å². The molecule has 0 fully saturated rings. The molecule has 0 amide bonds. The van der Waals surface area contributed by atoms with E-state index in [1.165, 1.54) is 22.3 Å². The van der Waals surface area contributed by atoms with Crippen molar-refractivity contribution < 1.29 is 4.74 Å². The first-order valence-corrected chi connectivity index (χ1v) is 7.74. The number of fused-ring (bicyclic) bond motifs is 1. The maximum absolute atomic E-state index is 5.66. The number of allylic oxidation sites excluding steroid dienone is 1. The van der Waals surface area contributed by atoms with E-state index >= 15 is 0 Å². The molecule has 0 bridgehead atoms. The van der Waals surface area contributed by atoms with Gasteiger partial charge in [0, 0.05) is 0 Å². The third-order valence-electron chi connectivity index (χ3n) is 4.21. The Morgan fingerprint density at radius 1 is 1.14 bits per heavy atom. The number of benzene rings is 2. The summed E-state index contributed by atoms with van der Waals surface area (Å²) < 4.78 is 5.66. The van der Waals surface area contributed by atoms with Crippen LogP contribution >= 0.6 is 0 Å². The Kier molecular flexibility index (Phi) is 3.89. The lowest BCUT2D eigenvalue weighted by Crippen LogP contribution is -2.09. The smallest absolute Gasteiger partial charge is 0.120 e. The van der Waals surface area contributed by atoms with Crippen LogP contribution in [0.5, 0.6) is 5.75 Å². The minimum absolute atomic E-state index is 0.148. The molecular weight excluding hydrogens is 268 g/mol. The molecule has 0 heterocycles. The number of hydrogen-bond donors (Lipinski definition) is 0. The van der Waals surface area contributed by atoms with Crippen LogP contribution in [0.1, 0.15) is 30.5 Å². The molecule has 1 aliphatic rings. The van der Waals surface area contributed by atoms with Crippen LogP contribution < -0.4 is 4.74 Å². The Hall–Kier alpha value is -2.28. The number of rotatable bonds is 4. The summed E-state index contributed by atoms with van der Waals surface area (Å²) in [5.74, 6) is 0.926. The second-order valence-corrected chi connectivity index (χ2v) is 6.45. The van der Waals surface area contributed by atoms with Crippen LogP contribution in [-0.2, 0) is 6.42 Å². The number of ether oxygens (including phenoxy) is 1. The van der Waals surface area contributed by atoms with E-state index < -0.39 is 0 Å². The molecule has 0 aliphatic heterocycles. The van der Waals surface area contributed by atoms with Crippen LogP contribution in [-0.4, -0.2) is 6.61 Å².